The molecule has 0 N–H and O–H groups in total. The molecule has 0 amide bonds. The number of rotatable bonds is 10. The molecule has 0 heterocycles. The van der Waals surface area contributed by atoms with E-state index in [1.54, 1.807) is 0 Å². The number of hydrogen-bond acceptors (Lipinski definition) is 0. The average molecular weight is 705 g/mol. The smallest absolute Gasteiger partial charge is 0.358 e. The molecule has 0 aliphatic carbocycles. The van der Waals surface area contributed by atoms with E-state index in [0.717, 1.165) is 0 Å². The Kier molecular flexibility index (Phi) is 26.0. The van der Waals surface area contributed by atoms with Crippen molar-refractivity contribution in [1.82, 2.24) is 0 Å². The molecule has 0 saturated carbocycles. The third kappa shape index (κ3) is 15.7. The molecule has 0 saturated heterocycles. The summed E-state index contributed by atoms with van der Waals surface area (Å²) in [4.78, 5) is 0. The first-order valence-corrected chi connectivity index (χ1v) is 24.3. The Balaban J connectivity index is 0. The van der Waals surface area contributed by atoms with Crippen LogP contribution in [0.25, 0.3) is 0 Å². The molecule has 0 fully saturated rings. The van der Waals surface area contributed by atoms with Crippen molar-refractivity contribution in [3.63, 3.8) is 0 Å². The van der Waals surface area contributed by atoms with Crippen LogP contribution in [0.5, 0.6) is 0 Å². The third-order valence-corrected chi connectivity index (χ3v) is 12.4. The van der Waals surface area contributed by atoms with E-state index in [0.29, 0.717) is 31.7 Å². The summed E-state index contributed by atoms with van der Waals surface area (Å²) < 4.78 is 0. The maximum Gasteiger partial charge on any atom is 3.00 e. The summed E-state index contributed by atoms with van der Waals surface area (Å²) in [5.41, 5.74) is 5.36. The molecule has 0 nitrogen and oxygen atoms in total. The Labute approximate surface area is 289 Å². The summed E-state index contributed by atoms with van der Waals surface area (Å²) in [6.07, 6.45) is 4.71. The monoisotopic (exact) mass is 704 g/mol. The zero-order valence-electron chi connectivity index (χ0n) is 29.1. The van der Waals surface area contributed by atoms with Gasteiger partial charge in [0.1, 0.15) is 6.15 Å². The van der Waals surface area contributed by atoms with Gasteiger partial charge in [0.15, 0.2) is 0 Å². The topological polar surface area (TPSA) is 0 Å². The van der Waals surface area contributed by atoms with Gasteiger partial charge in [-0.15, -0.1) is 31.7 Å². The standard InChI is InChI=1S/C24H20B.2C6H16P2.2CH3.Mn/c1-5-13-21(14-6-1)25(22-15-7-2-8-16-22,23-17-9-3-10-18-23)24-19-11-4-12-20-24;2*1-7(2)5-6-8(3)4;;;/h1-20H;2*5-6H2,1-4H3;2*1H3;/q-1;;;2*-1;+3. The van der Waals surface area contributed by atoms with Crippen molar-refractivity contribution in [1.29, 1.82) is 0 Å². The Morgan fingerprint density at radius 2 is 0.500 bits per heavy atom. The summed E-state index contributed by atoms with van der Waals surface area (Å²) in [7, 11) is 1.53. The summed E-state index contributed by atoms with van der Waals surface area (Å²) in [5.74, 6) is 0. The van der Waals surface area contributed by atoms with E-state index >= 15 is 0 Å². The molecular weight excluding hydrogens is 646 g/mol. The minimum atomic E-state index is -1.22. The van der Waals surface area contributed by atoms with E-state index in [-0.39, 0.29) is 31.9 Å². The minimum absolute atomic E-state index is 0. The van der Waals surface area contributed by atoms with E-state index in [1.807, 2.05) is 0 Å². The van der Waals surface area contributed by atoms with Crippen molar-refractivity contribution >= 4 is 59.7 Å². The second-order valence-electron chi connectivity index (χ2n) is 11.7. The van der Waals surface area contributed by atoms with Crippen LogP contribution in [-0.4, -0.2) is 84.1 Å². The van der Waals surface area contributed by atoms with Gasteiger partial charge in [0.05, 0.1) is 0 Å². The van der Waals surface area contributed by atoms with Gasteiger partial charge in [0.2, 0.25) is 0 Å². The van der Waals surface area contributed by atoms with Crippen molar-refractivity contribution in [3.8, 4) is 0 Å². The normalized spacial score (nSPS) is 10.5. The van der Waals surface area contributed by atoms with E-state index in [9.17, 15) is 0 Å². The fourth-order valence-corrected chi connectivity index (χ4v) is 11.3. The van der Waals surface area contributed by atoms with Crippen LogP contribution in [-0.2, 0) is 17.1 Å². The molecule has 0 aromatic heterocycles. The van der Waals surface area contributed by atoms with Gasteiger partial charge in [-0.05, 0) is 78.0 Å². The molecule has 0 radical (unpaired) electrons. The van der Waals surface area contributed by atoms with E-state index in [1.165, 1.54) is 46.5 Å². The van der Waals surface area contributed by atoms with Crippen molar-refractivity contribution in [2.45, 2.75) is 0 Å². The van der Waals surface area contributed by atoms with Gasteiger partial charge in [0, 0.05) is 0 Å². The second kappa shape index (κ2) is 25.3. The molecule has 0 atom stereocenters. The molecule has 4 rings (SSSR count). The predicted molar refractivity (Wildman–Crippen MR) is 217 cm³/mol. The van der Waals surface area contributed by atoms with Crippen molar-refractivity contribution in [2.24, 2.45) is 0 Å². The van der Waals surface area contributed by atoms with Crippen LogP contribution in [0.4, 0.5) is 0 Å². The van der Waals surface area contributed by atoms with Crippen molar-refractivity contribution in [2.75, 3.05) is 78.0 Å². The summed E-state index contributed by atoms with van der Waals surface area (Å²) in [5, 5.41) is 0. The van der Waals surface area contributed by atoms with Crippen molar-refractivity contribution < 1.29 is 17.1 Å². The molecule has 44 heavy (non-hydrogen) atoms. The first-order valence-electron chi connectivity index (χ1n) is 14.6. The Hall–Kier alpha value is -0.816. The zero-order valence-corrected chi connectivity index (χ0v) is 33.9. The molecule has 240 valence electrons. The van der Waals surface area contributed by atoms with Crippen LogP contribution in [0.2, 0.25) is 0 Å². The van der Waals surface area contributed by atoms with Crippen LogP contribution >= 0.6 is 31.7 Å². The average Bonchev–Trinajstić information content (AvgIpc) is 2.98. The summed E-state index contributed by atoms with van der Waals surface area (Å²) >= 11 is 0. The van der Waals surface area contributed by atoms with Gasteiger partial charge in [-0.25, -0.2) is 0 Å². The van der Waals surface area contributed by atoms with Gasteiger partial charge in [0.25, 0.3) is 0 Å². The van der Waals surface area contributed by atoms with Crippen LogP contribution in [0.3, 0.4) is 0 Å². The zero-order chi connectivity index (χ0) is 30.1. The molecule has 0 bridgehead atoms. The van der Waals surface area contributed by atoms with Crippen LogP contribution in [0.1, 0.15) is 0 Å². The first kappa shape index (κ1) is 45.3. The molecule has 0 aliphatic heterocycles. The molecule has 0 unspecified atom stereocenters. The fraction of sp³-hybridized carbons (Fsp3) is 0.316. The van der Waals surface area contributed by atoms with E-state index < -0.39 is 6.15 Å². The largest absolute Gasteiger partial charge is 3.00 e. The predicted octanol–water partition coefficient (Wildman–Crippen LogP) is 8.90. The summed E-state index contributed by atoms with van der Waals surface area (Å²) in [6.45, 7) is 18.8. The third-order valence-electron chi connectivity index (χ3n) is 7.19. The van der Waals surface area contributed by atoms with Gasteiger partial charge in [-0.2, -0.15) is 21.9 Å². The quantitative estimate of drug-likeness (QED) is 0.0880. The Morgan fingerprint density at radius 3 is 0.636 bits per heavy atom. The number of hydrogen-bond donors (Lipinski definition) is 0. The first-order chi connectivity index (χ1) is 19.7. The molecule has 6 heteroatoms. The molecule has 4 aromatic rings. The van der Waals surface area contributed by atoms with E-state index in [2.05, 4.69) is 175 Å². The number of benzene rings is 4. The molecule has 4 aromatic carbocycles. The van der Waals surface area contributed by atoms with Crippen molar-refractivity contribution in [3.05, 3.63) is 136 Å². The molecular formula is C38H58BMnP4. The Morgan fingerprint density at radius 1 is 0.341 bits per heavy atom. The summed E-state index contributed by atoms with van der Waals surface area (Å²) in [6, 6.07) is 43.5. The van der Waals surface area contributed by atoms with Gasteiger partial charge in [-0.3, -0.25) is 0 Å². The maximum absolute atomic E-state index is 2.36. The fourth-order valence-electron chi connectivity index (χ4n) is 4.92. The molecule has 0 aliphatic rings. The van der Waals surface area contributed by atoms with Gasteiger partial charge < -0.3 is 14.9 Å². The van der Waals surface area contributed by atoms with Crippen LogP contribution in [0, 0.1) is 14.9 Å². The van der Waals surface area contributed by atoms with Crippen LogP contribution < -0.4 is 21.9 Å². The minimum Gasteiger partial charge on any atom is -0.358 e. The molecule has 0 spiro atoms. The van der Waals surface area contributed by atoms with Gasteiger partial charge in [-0.1, -0.05) is 121 Å². The Bertz CT molecular complexity index is 993. The van der Waals surface area contributed by atoms with Crippen LogP contribution in [0.15, 0.2) is 121 Å². The second-order valence-corrected chi connectivity index (χ2v) is 22.1. The maximum atomic E-state index is 2.36. The van der Waals surface area contributed by atoms with E-state index in [4.69, 9.17) is 0 Å². The SMILES string of the molecule is CP(C)CCP(C)C.CP(C)CCP(C)C.[CH3-].[CH3-].[Mn+3].c1ccc([B-](c2ccccc2)(c2ccccc2)c2ccccc2)cc1. The van der Waals surface area contributed by atoms with Gasteiger partial charge >= 0.3 is 17.1 Å².